The fraction of sp³-hybridized carbons (Fsp3) is 0.217. The van der Waals surface area contributed by atoms with Crippen molar-refractivity contribution in [1.82, 2.24) is 0 Å². The summed E-state index contributed by atoms with van der Waals surface area (Å²) in [4.78, 5) is 2.40. The first-order chi connectivity index (χ1) is 11.7. The zero-order chi connectivity index (χ0) is 16.8. The average Bonchev–Trinajstić information content (AvgIpc) is 2.63. The van der Waals surface area contributed by atoms with E-state index in [0.717, 1.165) is 18.8 Å². The maximum Gasteiger partial charge on any atom is 1.00 e. The van der Waals surface area contributed by atoms with E-state index in [0.29, 0.717) is 5.92 Å². The van der Waals surface area contributed by atoms with Crippen molar-refractivity contribution >= 4 is 5.69 Å². The summed E-state index contributed by atoms with van der Waals surface area (Å²) in [5.41, 5.74) is 5.06. The number of rotatable bonds is 6. The Bertz CT molecular complexity index is 712. The molecule has 3 aromatic rings. The number of nitrogens with zero attached hydrogens (tertiary/aromatic N) is 1. The molecular weight excluding hydrogens is 297 g/mol. The SMILES string of the molecule is CC(C)c1[c-]c(N(Cc2ccccc2)Cc2ccccc2)ccc1.[Li+]. The summed E-state index contributed by atoms with van der Waals surface area (Å²) in [7, 11) is 0. The van der Waals surface area contributed by atoms with Gasteiger partial charge in [0.05, 0.1) is 0 Å². The molecule has 0 heterocycles. The molecule has 0 aliphatic carbocycles. The zero-order valence-electron chi connectivity index (χ0n) is 15.4. The first-order valence-corrected chi connectivity index (χ1v) is 8.57. The van der Waals surface area contributed by atoms with E-state index in [4.69, 9.17) is 0 Å². The van der Waals surface area contributed by atoms with Gasteiger partial charge in [0.25, 0.3) is 0 Å². The molecule has 0 atom stereocenters. The second kappa shape index (κ2) is 9.52. The van der Waals surface area contributed by atoms with E-state index >= 15 is 0 Å². The molecule has 3 rings (SSSR count). The quantitative estimate of drug-likeness (QED) is 0.498. The van der Waals surface area contributed by atoms with Gasteiger partial charge in [-0.1, -0.05) is 80.2 Å². The maximum atomic E-state index is 3.61. The average molecular weight is 321 g/mol. The molecule has 25 heavy (non-hydrogen) atoms. The Kier molecular flexibility index (Phi) is 7.38. The maximum absolute atomic E-state index is 3.61. The summed E-state index contributed by atoms with van der Waals surface area (Å²) in [6, 6.07) is 31.4. The number of benzene rings is 3. The van der Waals surface area contributed by atoms with Crippen LogP contribution in [-0.4, -0.2) is 0 Å². The molecule has 2 heteroatoms. The fourth-order valence-corrected chi connectivity index (χ4v) is 2.83. The summed E-state index contributed by atoms with van der Waals surface area (Å²) < 4.78 is 0. The summed E-state index contributed by atoms with van der Waals surface area (Å²) in [6.45, 7) is 6.20. The molecule has 0 unspecified atom stereocenters. The molecule has 0 spiro atoms. The summed E-state index contributed by atoms with van der Waals surface area (Å²) in [5, 5.41) is 0. The van der Waals surface area contributed by atoms with Crippen molar-refractivity contribution in [2.75, 3.05) is 4.90 Å². The van der Waals surface area contributed by atoms with Gasteiger partial charge in [-0.25, -0.2) is 0 Å². The summed E-state index contributed by atoms with van der Waals surface area (Å²) in [6.07, 6.45) is 0. The Balaban J connectivity index is 0.00000225. The van der Waals surface area contributed by atoms with Crippen LogP contribution in [0.15, 0.2) is 78.9 Å². The molecule has 0 bridgehead atoms. The van der Waals surface area contributed by atoms with Gasteiger partial charge < -0.3 is 4.90 Å². The topological polar surface area (TPSA) is 3.24 Å². The predicted octanol–water partition coefficient (Wildman–Crippen LogP) is 2.82. The molecule has 0 aliphatic heterocycles. The van der Waals surface area contributed by atoms with Crippen LogP contribution >= 0.6 is 0 Å². The van der Waals surface area contributed by atoms with Gasteiger partial charge in [0, 0.05) is 13.1 Å². The molecule has 1 nitrogen and oxygen atoms in total. The van der Waals surface area contributed by atoms with Crippen molar-refractivity contribution in [3.8, 4) is 0 Å². The van der Waals surface area contributed by atoms with Crippen molar-refractivity contribution in [3.05, 3.63) is 102 Å². The number of anilines is 1. The molecule has 0 saturated carbocycles. The van der Waals surface area contributed by atoms with Crippen LogP contribution in [0, 0.1) is 6.07 Å². The monoisotopic (exact) mass is 321 g/mol. The molecule has 0 aliphatic rings. The summed E-state index contributed by atoms with van der Waals surface area (Å²) >= 11 is 0. The van der Waals surface area contributed by atoms with Gasteiger partial charge in [-0.15, -0.1) is 6.07 Å². The van der Waals surface area contributed by atoms with Crippen LogP contribution in [0.2, 0.25) is 0 Å². The standard InChI is InChI=1S/C23H24N.Li/c1-19(2)22-14-9-15-23(16-22)24(17-20-10-5-3-6-11-20)18-21-12-7-4-8-13-21;/h3-15,19H,17-18H2,1-2H3;/q-1;+1. The van der Waals surface area contributed by atoms with Gasteiger partial charge in [-0.3, -0.25) is 0 Å². The normalized spacial score (nSPS) is 10.4. The Morgan fingerprint density at radius 2 is 1.24 bits per heavy atom. The first kappa shape index (κ1) is 19.4. The number of hydrogen-bond donors (Lipinski definition) is 0. The van der Waals surface area contributed by atoms with E-state index < -0.39 is 0 Å². The fourth-order valence-electron chi connectivity index (χ4n) is 2.83. The molecule has 0 saturated heterocycles. The molecule has 3 aromatic carbocycles. The van der Waals surface area contributed by atoms with Crippen molar-refractivity contribution in [1.29, 1.82) is 0 Å². The van der Waals surface area contributed by atoms with E-state index in [2.05, 4.69) is 104 Å². The minimum atomic E-state index is 0. The minimum Gasteiger partial charge on any atom is -0.385 e. The van der Waals surface area contributed by atoms with Gasteiger partial charge >= 0.3 is 18.9 Å². The van der Waals surface area contributed by atoms with Crippen molar-refractivity contribution in [2.24, 2.45) is 0 Å². The second-order valence-electron chi connectivity index (χ2n) is 6.47. The first-order valence-electron chi connectivity index (χ1n) is 8.57. The third-order valence-electron chi connectivity index (χ3n) is 4.20. The Labute approximate surface area is 163 Å². The summed E-state index contributed by atoms with van der Waals surface area (Å²) in [5.74, 6) is 0.486. The third kappa shape index (κ3) is 5.53. The Hall–Kier alpha value is -1.94. The minimum absolute atomic E-state index is 0. The van der Waals surface area contributed by atoms with Crippen LogP contribution in [0.1, 0.15) is 36.5 Å². The van der Waals surface area contributed by atoms with Crippen molar-refractivity contribution < 1.29 is 18.9 Å². The van der Waals surface area contributed by atoms with Crippen molar-refractivity contribution in [3.63, 3.8) is 0 Å². The van der Waals surface area contributed by atoms with E-state index in [9.17, 15) is 0 Å². The van der Waals surface area contributed by atoms with E-state index in [1.54, 1.807) is 0 Å². The zero-order valence-corrected chi connectivity index (χ0v) is 15.4. The Morgan fingerprint density at radius 1 is 0.720 bits per heavy atom. The third-order valence-corrected chi connectivity index (χ3v) is 4.20. The molecule has 122 valence electrons. The Morgan fingerprint density at radius 3 is 1.72 bits per heavy atom. The van der Waals surface area contributed by atoms with Crippen molar-refractivity contribution in [2.45, 2.75) is 32.9 Å². The largest absolute Gasteiger partial charge is 1.00 e. The smallest absolute Gasteiger partial charge is 0.385 e. The van der Waals surface area contributed by atoms with E-state index in [1.165, 1.54) is 16.7 Å². The van der Waals surface area contributed by atoms with Crippen LogP contribution in [0.25, 0.3) is 0 Å². The van der Waals surface area contributed by atoms with Gasteiger partial charge in [-0.05, 0) is 17.0 Å². The molecule has 0 fully saturated rings. The molecule has 0 N–H and O–H groups in total. The van der Waals surface area contributed by atoms with Crippen LogP contribution in [-0.2, 0) is 13.1 Å². The van der Waals surface area contributed by atoms with Crippen LogP contribution in [0.3, 0.4) is 0 Å². The molecule has 0 radical (unpaired) electrons. The van der Waals surface area contributed by atoms with Gasteiger partial charge in [0.1, 0.15) is 0 Å². The van der Waals surface area contributed by atoms with E-state index in [1.807, 2.05) is 0 Å². The molecule has 0 aromatic heterocycles. The van der Waals surface area contributed by atoms with Gasteiger partial charge in [-0.2, -0.15) is 23.8 Å². The van der Waals surface area contributed by atoms with E-state index in [-0.39, 0.29) is 18.9 Å². The second-order valence-corrected chi connectivity index (χ2v) is 6.47. The van der Waals surface area contributed by atoms with Gasteiger partial charge in [0.15, 0.2) is 0 Å². The van der Waals surface area contributed by atoms with Crippen LogP contribution in [0.5, 0.6) is 0 Å². The molecular formula is C23H24LiN. The van der Waals surface area contributed by atoms with Crippen LogP contribution < -0.4 is 23.8 Å². The number of hydrogen-bond acceptors (Lipinski definition) is 1. The molecule has 0 amide bonds. The van der Waals surface area contributed by atoms with Crippen LogP contribution in [0.4, 0.5) is 5.69 Å². The van der Waals surface area contributed by atoms with Gasteiger partial charge in [0.2, 0.25) is 0 Å². The predicted molar refractivity (Wildman–Crippen MR) is 102 cm³/mol.